The van der Waals surface area contributed by atoms with Crippen LogP contribution in [0.2, 0.25) is 0 Å². The molecule has 0 spiro atoms. The van der Waals surface area contributed by atoms with Gasteiger partial charge in [-0.25, -0.2) is 4.98 Å². The van der Waals surface area contributed by atoms with Gasteiger partial charge in [-0.3, -0.25) is 0 Å². The minimum Gasteiger partial charge on any atom is -0.312 e. The summed E-state index contributed by atoms with van der Waals surface area (Å²) in [7, 11) is 2.03. The maximum Gasteiger partial charge on any atom is 0.0898 e. The molecule has 0 amide bonds. The number of aromatic nitrogens is 1. The van der Waals surface area contributed by atoms with Crippen molar-refractivity contribution in [2.24, 2.45) is 5.92 Å². The van der Waals surface area contributed by atoms with Crippen LogP contribution in [0.25, 0.3) is 0 Å². The molecule has 86 valence electrons. The molecule has 0 radical (unpaired) electrons. The monoisotopic (exact) mass is 226 g/mol. The lowest BCUT2D eigenvalue weighted by Crippen LogP contribution is -2.20. The second-order valence-corrected chi connectivity index (χ2v) is 5.11. The Kier molecular flexibility index (Phi) is 5.26. The Bertz CT molecular complexity index is 279. The van der Waals surface area contributed by atoms with Crippen LogP contribution in [0.15, 0.2) is 5.38 Å². The second-order valence-electron chi connectivity index (χ2n) is 4.05. The highest BCUT2D eigenvalue weighted by molar-refractivity contribution is 7.09. The van der Waals surface area contributed by atoms with E-state index in [0.29, 0.717) is 6.04 Å². The molecule has 0 aliphatic heterocycles. The van der Waals surface area contributed by atoms with Crippen molar-refractivity contribution >= 4 is 11.3 Å². The summed E-state index contributed by atoms with van der Waals surface area (Å²) in [4.78, 5) is 4.56. The van der Waals surface area contributed by atoms with Gasteiger partial charge < -0.3 is 5.32 Å². The third-order valence-corrected chi connectivity index (χ3v) is 3.86. The van der Waals surface area contributed by atoms with Crippen LogP contribution in [-0.4, -0.2) is 12.0 Å². The Balaban J connectivity index is 2.63. The van der Waals surface area contributed by atoms with Gasteiger partial charge in [0.15, 0.2) is 0 Å². The molecular weight excluding hydrogens is 204 g/mol. The minimum absolute atomic E-state index is 0.430. The second kappa shape index (κ2) is 6.23. The largest absolute Gasteiger partial charge is 0.312 e. The zero-order valence-corrected chi connectivity index (χ0v) is 11.0. The fourth-order valence-corrected chi connectivity index (χ4v) is 2.55. The van der Waals surface area contributed by atoms with E-state index in [9.17, 15) is 0 Å². The highest BCUT2D eigenvalue weighted by atomic mass is 32.1. The molecule has 1 N–H and O–H groups in total. The van der Waals surface area contributed by atoms with Crippen molar-refractivity contribution in [1.29, 1.82) is 0 Å². The zero-order valence-electron chi connectivity index (χ0n) is 10.2. The first-order valence-corrected chi connectivity index (χ1v) is 6.68. The molecule has 1 rings (SSSR count). The number of hydrogen-bond donors (Lipinski definition) is 1. The summed E-state index contributed by atoms with van der Waals surface area (Å²) in [5.41, 5.74) is 1.21. The molecule has 1 atom stereocenters. The molecule has 1 aromatic heterocycles. The van der Waals surface area contributed by atoms with Crippen molar-refractivity contribution in [3.8, 4) is 0 Å². The van der Waals surface area contributed by atoms with Gasteiger partial charge in [0.05, 0.1) is 16.7 Å². The third kappa shape index (κ3) is 3.58. The van der Waals surface area contributed by atoms with Crippen molar-refractivity contribution in [3.63, 3.8) is 0 Å². The van der Waals surface area contributed by atoms with Crippen LogP contribution in [0.1, 0.15) is 49.9 Å². The van der Waals surface area contributed by atoms with Gasteiger partial charge in [0.2, 0.25) is 0 Å². The van der Waals surface area contributed by atoms with Gasteiger partial charge in [-0.05, 0) is 26.3 Å². The summed E-state index contributed by atoms with van der Waals surface area (Å²) in [6.45, 7) is 6.61. The lowest BCUT2D eigenvalue weighted by atomic mass is 9.94. The standard InChI is InChI=1S/C12H22N2S/c1-5-10(6-2)7-11(13-4)12-8-15-9(3)14-12/h8,10-11,13H,5-7H2,1-4H3. The lowest BCUT2D eigenvalue weighted by Gasteiger charge is -2.19. The molecule has 0 saturated heterocycles. The van der Waals surface area contributed by atoms with Crippen LogP contribution in [0.5, 0.6) is 0 Å². The van der Waals surface area contributed by atoms with Crippen LogP contribution in [-0.2, 0) is 0 Å². The van der Waals surface area contributed by atoms with Gasteiger partial charge in [0.25, 0.3) is 0 Å². The van der Waals surface area contributed by atoms with E-state index in [-0.39, 0.29) is 0 Å². The molecule has 0 saturated carbocycles. The highest BCUT2D eigenvalue weighted by Crippen LogP contribution is 2.25. The van der Waals surface area contributed by atoms with Crippen molar-refractivity contribution < 1.29 is 0 Å². The van der Waals surface area contributed by atoms with E-state index in [0.717, 1.165) is 10.9 Å². The molecule has 3 heteroatoms. The first-order valence-electron chi connectivity index (χ1n) is 5.80. The van der Waals surface area contributed by atoms with Gasteiger partial charge in [0, 0.05) is 5.38 Å². The van der Waals surface area contributed by atoms with Crippen LogP contribution in [0.4, 0.5) is 0 Å². The lowest BCUT2D eigenvalue weighted by molar-refractivity contribution is 0.381. The van der Waals surface area contributed by atoms with Crippen molar-refractivity contribution in [3.05, 3.63) is 16.1 Å². The van der Waals surface area contributed by atoms with Crippen molar-refractivity contribution in [1.82, 2.24) is 10.3 Å². The van der Waals surface area contributed by atoms with Gasteiger partial charge in [-0.2, -0.15) is 0 Å². The van der Waals surface area contributed by atoms with E-state index in [4.69, 9.17) is 0 Å². The van der Waals surface area contributed by atoms with E-state index >= 15 is 0 Å². The number of aryl methyl sites for hydroxylation is 1. The number of nitrogens with zero attached hydrogens (tertiary/aromatic N) is 1. The van der Waals surface area contributed by atoms with Crippen LogP contribution in [0, 0.1) is 12.8 Å². The predicted octanol–water partition coefficient (Wildman–Crippen LogP) is 3.54. The number of nitrogens with one attached hydrogen (secondary N) is 1. The summed E-state index contributed by atoms with van der Waals surface area (Å²) in [5.74, 6) is 0.810. The summed E-state index contributed by atoms with van der Waals surface area (Å²) < 4.78 is 0. The Hall–Kier alpha value is -0.410. The number of hydrogen-bond acceptors (Lipinski definition) is 3. The number of rotatable bonds is 6. The average molecular weight is 226 g/mol. The topological polar surface area (TPSA) is 24.9 Å². The molecule has 0 bridgehead atoms. The van der Waals surface area contributed by atoms with Gasteiger partial charge in [-0.15, -0.1) is 11.3 Å². The Morgan fingerprint density at radius 2 is 2.07 bits per heavy atom. The summed E-state index contributed by atoms with van der Waals surface area (Å²) in [5, 5.41) is 6.72. The normalized spacial score (nSPS) is 13.4. The Morgan fingerprint density at radius 1 is 1.40 bits per heavy atom. The quantitative estimate of drug-likeness (QED) is 0.802. The first kappa shape index (κ1) is 12.7. The van der Waals surface area contributed by atoms with Crippen LogP contribution in [0.3, 0.4) is 0 Å². The molecule has 1 heterocycles. The molecular formula is C12H22N2S. The fourth-order valence-electron chi connectivity index (χ4n) is 1.88. The van der Waals surface area contributed by atoms with Gasteiger partial charge in [-0.1, -0.05) is 26.7 Å². The van der Waals surface area contributed by atoms with Gasteiger partial charge in [0.1, 0.15) is 0 Å². The molecule has 0 aliphatic carbocycles. The molecule has 0 aromatic carbocycles. The van der Waals surface area contributed by atoms with Crippen LogP contribution >= 0.6 is 11.3 Å². The zero-order chi connectivity index (χ0) is 11.3. The Labute approximate surface area is 97.1 Å². The highest BCUT2D eigenvalue weighted by Gasteiger charge is 2.16. The molecule has 15 heavy (non-hydrogen) atoms. The van der Waals surface area contributed by atoms with Crippen molar-refractivity contribution in [2.75, 3.05) is 7.05 Å². The van der Waals surface area contributed by atoms with E-state index in [1.165, 1.54) is 25.0 Å². The average Bonchev–Trinajstić information content (AvgIpc) is 2.67. The van der Waals surface area contributed by atoms with E-state index in [1.807, 2.05) is 7.05 Å². The molecule has 1 aromatic rings. The smallest absolute Gasteiger partial charge is 0.0898 e. The minimum atomic E-state index is 0.430. The maximum absolute atomic E-state index is 4.56. The Morgan fingerprint density at radius 3 is 2.47 bits per heavy atom. The SMILES string of the molecule is CCC(CC)CC(NC)c1csc(C)n1. The van der Waals surface area contributed by atoms with Crippen molar-refractivity contribution in [2.45, 2.75) is 46.1 Å². The fraction of sp³-hybridized carbons (Fsp3) is 0.750. The third-order valence-electron chi connectivity index (χ3n) is 3.07. The van der Waals surface area contributed by atoms with E-state index in [2.05, 4.69) is 36.5 Å². The molecule has 0 aliphatic rings. The van der Waals surface area contributed by atoms with Crippen LogP contribution < -0.4 is 5.32 Å². The van der Waals surface area contributed by atoms with Gasteiger partial charge >= 0.3 is 0 Å². The molecule has 1 unspecified atom stereocenters. The molecule has 0 fully saturated rings. The maximum atomic E-state index is 4.56. The summed E-state index contributed by atoms with van der Waals surface area (Å²) >= 11 is 1.74. The number of thiazole rings is 1. The van der Waals surface area contributed by atoms with E-state index < -0.39 is 0 Å². The summed E-state index contributed by atoms with van der Waals surface area (Å²) in [6.07, 6.45) is 3.72. The summed E-state index contributed by atoms with van der Waals surface area (Å²) in [6, 6.07) is 0.430. The van der Waals surface area contributed by atoms with E-state index in [1.54, 1.807) is 11.3 Å². The molecule has 2 nitrogen and oxygen atoms in total. The predicted molar refractivity (Wildman–Crippen MR) is 67.3 cm³/mol. The first-order chi connectivity index (χ1) is 7.21.